The molecule has 2 aromatic rings. The maximum absolute atomic E-state index is 2.48. The Morgan fingerprint density at radius 3 is 1.33 bits per heavy atom. The van der Waals surface area contributed by atoms with Crippen molar-refractivity contribution in [1.29, 1.82) is 0 Å². The molecule has 0 radical (unpaired) electrons. The van der Waals surface area contributed by atoms with Gasteiger partial charge in [-0.1, -0.05) is 86.7 Å². The van der Waals surface area contributed by atoms with E-state index in [2.05, 4.69) is 86.7 Å². The fraction of sp³-hybridized carbons (Fsp3) is 0.333. The van der Waals surface area contributed by atoms with Crippen LogP contribution >= 0.6 is 0 Å². The highest BCUT2D eigenvalue weighted by atomic mass is 15.0. The van der Waals surface area contributed by atoms with Crippen LogP contribution in [0.15, 0.2) is 72.8 Å². The van der Waals surface area contributed by atoms with Gasteiger partial charge >= 0.3 is 0 Å². The molecule has 0 saturated heterocycles. The average molecular weight is 272 g/mol. The second-order valence-corrected chi connectivity index (χ2v) is 7.41. The zero-order chi connectivity index (χ0) is 14.3. The molecule has 21 heavy (non-hydrogen) atoms. The molecule has 0 nitrogen and oxygen atoms in total. The molecule has 0 spiro atoms. The molecule has 0 heteroatoms. The van der Waals surface area contributed by atoms with Gasteiger partial charge in [-0.25, -0.2) is 0 Å². The lowest BCUT2D eigenvalue weighted by atomic mass is 9.48. The van der Waals surface area contributed by atoms with Crippen molar-refractivity contribution in [2.75, 3.05) is 0 Å². The highest BCUT2D eigenvalue weighted by Crippen LogP contribution is 2.94. The summed E-state index contributed by atoms with van der Waals surface area (Å²) in [6.07, 6.45) is 4.90. The van der Waals surface area contributed by atoms with E-state index in [-0.39, 0.29) is 0 Å². The number of hydrogen-bond donors (Lipinski definition) is 0. The molecular formula is C21H20. The van der Waals surface area contributed by atoms with Crippen molar-refractivity contribution in [1.82, 2.24) is 0 Å². The van der Waals surface area contributed by atoms with Crippen LogP contribution in [0.2, 0.25) is 0 Å². The maximum atomic E-state index is 2.48. The van der Waals surface area contributed by atoms with Crippen LogP contribution in [0.25, 0.3) is 0 Å². The molecule has 0 unspecified atom stereocenters. The summed E-state index contributed by atoms with van der Waals surface area (Å²) in [5.74, 6) is 1.46. The minimum atomic E-state index is 0.308. The Morgan fingerprint density at radius 2 is 1.00 bits per heavy atom. The van der Waals surface area contributed by atoms with E-state index in [1.165, 1.54) is 11.1 Å². The molecule has 104 valence electrons. The number of fused-ring (bicyclic) bond motifs is 4. The maximum Gasteiger partial charge on any atom is 0.0190 e. The van der Waals surface area contributed by atoms with Crippen molar-refractivity contribution >= 4 is 0 Å². The summed E-state index contributed by atoms with van der Waals surface area (Å²) < 4.78 is 0. The van der Waals surface area contributed by atoms with Gasteiger partial charge in [-0.05, 0) is 28.4 Å². The van der Waals surface area contributed by atoms with Gasteiger partial charge in [-0.3, -0.25) is 0 Å². The minimum absolute atomic E-state index is 0.308. The molecule has 3 aliphatic rings. The van der Waals surface area contributed by atoms with E-state index < -0.39 is 0 Å². The molecule has 5 rings (SSSR count). The number of benzene rings is 2. The Bertz CT molecular complexity index is 677. The molecule has 3 aliphatic carbocycles. The molecule has 2 saturated carbocycles. The molecule has 0 aliphatic heterocycles. The number of hydrogen-bond acceptors (Lipinski definition) is 0. The first kappa shape index (κ1) is 11.8. The van der Waals surface area contributed by atoms with Crippen LogP contribution in [-0.4, -0.2) is 0 Å². The van der Waals surface area contributed by atoms with E-state index in [1.807, 2.05) is 0 Å². The first-order valence-corrected chi connectivity index (χ1v) is 7.98. The molecule has 0 heterocycles. The first-order valence-electron chi connectivity index (χ1n) is 7.98. The van der Waals surface area contributed by atoms with Crippen molar-refractivity contribution in [3.8, 4) is 0 Å². The molecule has 2 aromatic carbocycles. The Hall–Kier alpha value is -1.82. The van der Waals surface area contributed by atoms with E-state index in [9.17, 15) is 0 Å². The zero-order valence-corrected chi connectivity index (χ0v) is 12.6. The van der Waals surface area contributed by atoms with E-state index in [1.54, 1.807) is 0 Å². The monoisotopic (exact) mass is 272 g/mol. The van der Waals surface area contributed by atoms with E-state index in [0.29, 0.717) is 16.2 Å². The lowest BCUT2D eigenvalue weighted by Gasteiger charge is -2.54. The van der Waals surface area contributed by atoms with Gasteiger partial charge in [0.05, 0.1) is 0 Å². The first-order chi connectivity index (χ1) is 10.2. The van der Waals surface area contributed by atoms with Crippen molar-refractivity contribution in [3.05, 3.63) is 83.9 Å². The van der Waals surface area contributed by atoms with E-state index in [0.717, 1.165) is 11.8 Å². The Kier molecular flexibility index (Phi) is 1.87. The molecule has 0 amide bonds. The lowest BCUT2D eigenvalue weighted by Crippen LogP contribution is -2.54. The summed E-state index contributed by atoms with van der Waals surface area (Å²) >= 11 is 0. The highest BCUT2D eigenvalue weighted by Gasteiger charge is 2.95. The lowest BCUT2D eigenvalue weighted by molar-refractivity contribution is 0.143. The molecule has 0 aromatic heterocycles. The number of rotatable bonds is 2. The molecule has 0 N–H and O–H groups in total. The molecule has 4 atom stereocenters. The van der Waals surface area contributed by atoms with Crippen LogP contribution in [0.5, 0.6) is 0 Å². The van der Waals surface area contributed by atoms with Gasteiger partial charge in [0.1, 0.15) is 0 Å². The molecule has 0 bridgehead atoms. The largest absolute Gasteiger partial charge is 0.0835 e. The van der Waals surface area contributed by atoms with Crippen LogP contribution < -0.4 is 0 Å². The SMILES string of the molecule is CC1(C)[C@]2(c3ccccc3)[C@@H]3C=C[C@@H]3[C@]12c1ccccc1. The third-order valence-corrected chi connectivity index (χ3v) is 6.90. The van der Waals surface area contributed by atoms with Gasteiger partial charge in [0, 0.05) is 10.8 Å². The van der Waals surface area contributed by atoms with Gasteiger partial charge in [-0.2, -0.15) is 0 Å². The smallest absolute Gasteiger partial charge is 0.0190 e. The van der Waals surface area contributed by atoms with Gasteiger partial charge in [0.15, 0.2) is 0 Å². The normalized spacial score (nSPS) is 40.5. The van der Waals surface area contributed by atoms with E-state index >= 15 is 0 Å². The predicted molar refractivity (Wildman–Crippen MR) is 86.1 cm³/mol. The third-order valence-electron chi connectivity index (χ3n) is 6.90. The van der Waals surface area contributed by atoms with Gasteiger partial charge in [-0.15, -0.1) is 0 Å². The second-order valence-electron chi connectivity index (χ2n) is 7.41. The fourth-order valence-corrected chi connectivity index (χ4v) is 6.33. The molecule has 2 fully saturated rings. The summed E-state index contributed by atoms with van der Waals surface area (Å²) in [6, 6.07) is 22.4. The fourth-order valence-electron chi connectivity index (χ4n) is 6.33. The topological polar surface area (TPSA) is 0 Å². The van der Waals surface area contributed by atoms with Gasteiger partial charge in [0.2, 0.25) is 0 Å². The second kappa shape index (κ2) is 3.32. The van der Waals surface area contributed by atoms with Crippen LogP contribution in [0.4, 0.5) is 0 Å². The van der Waals surface area contributed by atoms with Gasteiger partial charge < -0.3 is 0 Å². The summed E-state index contributed by atoms with van der Waals surface area (Å²) in [7, 11) is 0. The van der Waals surface area contributed by atoms with E-state index in [4.69, 9.17) is 0 Å². The third kappa shape index (κ3) is 0.914. The van der Waals surface area contributed by atoms with Crippen molar-refractivity contribution in [2.24, 2.45) is 17.3 Å². The van der Waals surface area contributed by atoms with Crippen molar-refractivity contribution in [2.45, 2.75) is 24.7 Å². The quantitative estimate of drug-likeness (QED) is 0.694. The summed E-state index contributed by atoms with van der Waals surface area (Å²) in [4.78, 5) is 0. The van der Waals surface area contributed by atoms with Crippen LogP contribution in [0.1, 0.15) is 25.0 Å². The summed E-state index contributed by atoms with van der Waals surface area (Å²) in [6.45, 7) is 4.96. The standard InChI is InChI=1S/C21H20/c1-19(2)20(15-9-5-3-6-10-15)17-13-14-18(17)21(19,20)16-11-7-4-8-12-16/h3-14,17-18H,1-2H3/t17-,18+,20+,21-. The zero-order valence-electron chi connectivity index (χ0n) is 12.6. The van der Waals surface area contributed by atoms with Crippen molar-refractivity contribution in [3.63, 3.8) is 0 Å². The summed E-state index contributed by atoms with van der Waals surface area (Å²) in [5, 5.41) is 0. The van der Waals surface area contributed by atoms with Crippen molar-refractivity contribution < 1.29 is 0 Å². The van der Waals surface area contributed by atoms with Crippen LogP contribution in [0.3, 0.4) is 0 Å². The molecular weight excluding hydrogens is 252 g/mol. The predicted octanol–water partition coefficient (Wildman–Crippen LogP) is 4.72. The van der Waals surface area contributed by atoms with Crippen LogP contribution in [-0.2, 0) is 10.8 Å². The van der Waals surface area contributed by atoms with Crippen LogP contribution in [0, 0.1) is 17.3 Å². The number of allylic oxidation sites excluding steroid dienone is 2. The Morgan fingerprint density at radius 1 is 0.619 bits per heavy atom. The average Bonchev–Trinajstić information content (AvgIpc) is 2.88. The van der Waals surface area contributed by atoms with Gasteiger partial charge in [0.25, 0.3) is 0 Å². The minimum Gasteiger partial charge on any atom is -0.0835 e. The Balaban J connectivity index is 1.78. The Labute approximate surface area is 126 Å². The highest BCUT2D eigenvalue weighted by molar-refractivity contribution is 5.68. The summed E-state index contributed by atoms with van der Waals surface area (Å²) in [5.41, 5.74) is 4.00.